The fourth-order valence-electron chi connectivity index (χ4n) is 1.49. The summed E-state index contributed by atoms with van der Waals surface area (Å²) in [6.45, 7) is 2.96. The van der Waals surface area contributed by atoms with E-state index in [0.29, 0.717) is 5.69 Å². The lowest BCUT2D eigenvalue weighted by Gasteiger charge is -2.07. The van der Waals surface area contributed by atoms with Crippen molar-refractivity contribution in [3.63, 3.8) is 0 Å². The van der Waals surface area contributed by atoms with Crippen LogP contribution >= 0.6 is 0 Å². The first-order chi connectivity index (χ1) is 7.75. The predicted octanol–water partition coefficient (Wildman–Crippen LogP) is 2.77. The van der Waals surface area contributed by atoms with Crippen LogP contribution in [0.4, 0.5) is 5.69 Å². The third-order valence-corrected chi connectivity index (χ3v) is 2.36. The Balaban J connectivity index is 2.44. The number of anilines is 1. The normalized spacial score (nSPS) is 10.1. The van der Waals surface area contributed by atoms with E-state index in [4.69, 9.17) is 5.11 Å². The Labute approximate surface area is 95.7 Å². The summed E-state index contributed by atoms with van der Waals surface area (Å²) in [5, 5.41) is 12.0. The van der Waals surface area contributed by atoms with Gasteiger partial charge in [0, 0.05) is 12.7 Å². The summed E-state index contributed by atoms with van der Waals surface area (Å²) in [4.78, 5) is 14.7. The van der Waals surface area contributed by atoms with Crippen LogP contribution in [0.1, 0.15) is 43.1 Å². The summed E-state index contributed by atoms with van der Waals surface area (Å²) in [5.41, 5.74) is 0.699. The molecule has 88 valence electrons. The number of aromatic nitrogens is 1. The second kappa shape index (κ2) is 6.82. The van der Waals surface area contributed by atoms with Crippen LogP contribution in [0.25, 0.3) is 0 Å². The van der Waals surface area contributed by atoms with Gasteiger partial charge in [-0.25, -0.2) is 9.78 Å². The zero-order valence-electron chi connectivity index (χ0n) is 9.57. The molecule has 0 amide bonds. The summed E-state index contributed by atoms with van der Waals surface area (Å²) in [6, 6.07) is 3.48. The molecule has 0 aromatic carbocycles. The maximum atomic E-state index is 10.9. The molecule has 0 atom stereocenters. The lowest BCUT2D eigenvalue weighted by molar-refractivity contribution is 0.0691. The topological polar surface area (TPSA) is 62.2 Å². The van der Waals surface area contributed by atoms with Crippen molar-refractivity contribution < 1.29 is 9.90 Å². The van der Waals surface area contributed by atoms with Crippen molar-refractivity contribution in [3.8, 4) is 0 Å². The van der Waals surface area contributed by atoms with Gasteiger partial charge in [-0.3, -0.25) is 0 Å². The fourth-order valence-corrected chi connectivity index (χ4v) is 1.49. The summed E-state index contributed by atoms with van der Waals surface area (Å²) >= 11 is 0. The second-order valence-corrected chi connectivity index (χ2v) is 3.69. The van der Waals surface area contributed by atoms with Gasteiger partial charge in [0.15, 0.2) is 5.69 Å². The zero-order valence-corrected chi connectivity index (χ0v) is 9.57. The number of nitrogens with zero attached hydrogens (tertiary/aromatic N) is 1. The number of pyridine rings is 1. The molecule has 1 heterocycles. The molecule has 0 saturated heterocycles. The van der Waals surface area contributed by atoms with Crippen molar-refractivity contribution in [2.24, 2.45) is 0 Å². The summed E-state index contributed by atoms with van der Waals surface area (Å²) in [7, 11) is 0. The lowest BCUT2D eigenvalue weighted by Crippen LogP contribution is -2.09. The summed E-state index contributed by atoms with van der Waals surface area (Å²) in [5.74, 6) is -0.989. The molecule has 1 aromatic rings. The number of nitrogens with one attached hydrogen (secondary N) is 1. The van der Waals surface area contributed by atoms with E-state index in [2.05, 4.69) is 17.2 Å². The molecule has 0 aliphatic carbocycles. The van der Waals surface area contributed by atoms with Crippen LogP contribution < -0.4 is 5.32 Å². The number of carbonyl (C=O) groups is 1. The standard InChI is InChI=1S/C12H18N2O2/c1-2-3-4-5-8-13-10-7-6-9-14-11(10)12(15)16/h6-7,9,13H,2-5,8H2,1H3,(H,15,16). The number of carboxylic acid groups (broad SMARTS) is 1. The number of rotatable bonds is 7. The molecule has 4 heteroatoms. The predicted molar refractivity (Wildman–Crippen MR) is 63.8 cm³/mol. The number of unbranched alkanes of at least 4 members (excludes halogenated alkanes) is 3. The van der Waals surface area contributed by atoms with Crippen molar-refractivity contribution >= 4 is 11.7 Å². The van der Waals surface area contributed by atoms with Crippen LogP contribution in [0.3, 0.4) is 0 Å². The Morgan fingerprint density at radius 3 is 2.94 bits per heavy atom. The maximum Gasteiger partial charge on any atom is 0.356 e. The van der Waals surface area contributed by atoms with Crippen molar-refractivity contribution in [2.45, 2.75) is 32.6 Å². The molecule has 0 fully saturated rings. The molecule has 0 spiro atoms. The van der Waals surface area contributed by atoms with Crippen LogP contribution in [-0.4, -0.2) is 22.6 Å². The lowest BCUT2D eigenvalue weighted by atomic mass is 10.2. The second-order valence-electron chi connectivity index (χ2n) is 3.69. The highest BCUT2D eigenvalue weighted by atomic mass is 16.4. The quantitative estimate of drug-likeness (QED) is 0.696. The molecule has 1 rings (SSSR count). The van der Waals surface area contributed by atoms with Crippen LogP contribution in [-0.2, 0) is 0 Å². The maximum absolute atomic E-state index is 10.9. The molecular formula is C12H18N2O2. The minimum Gasteiger partial charge on any atom is -0.476 e. The highest BCUT2D eigenvalue weighted by Crippen LogP contribution is 2.12. The SMILES string of the molecule is CCCCCCNc1cccnc1C(=O)O. The fraction of sp³-hybridized carbons (Fsp3) is 0.500. The molecule has 16 heavy (non-hydrogen) atoms. The molecule has 1 aromatic heterocycles. The Morgan fingerprint density at radius 1 is 1.44 bits per heavy atom. The number of aromatic carboxylic acids is 1. The van der Waals surface area contributed by atoms with Gasteiger partial charge in [0.05, 0.1) is 5.69 Å². The first kappa shape index (κ1) is 12.5. The number of hydrogen-bond donors (Lipinski definition) is 2. The van der Waals surface area contributed by atoms with E-state index >= 15 is 0 Å². The Hall–Kier alpha value is -1.58. The third-order valence-electron chi connectivity index (χ3n) is 2.36. The van der Waals surface area contributed by atoms with E-state index in [1.54, 1.807) is 12.1 Å². The average molecular weight is 222 g/mol. The molecule has 0 bridgehead atoms. The molecule has 0 unspecified atom stereocenters. The first-order valence-corrected chi connectivity index (χ1v) is 5.68. The highest BCUT2D eigenvalue weighted by Gasteiger charge is 2.09. The van der Waals surface area contributed by atoms with Gasteiger partial charge in [-0.05, 0) is 18.6 Å². The largest absolute Gasteiger partial charge is 0.476 e. The van der Waals surface area contributed by atoms with Crippen molar-refractivity contribution in [3.05, 3.63) is 24.0 Å². The smallest absolute Gasteiger partial charge is 0.356 e. The van der Waals surface area contributed by atoms with E-state index in [1.807, 2.05) is 0 Å². The van der Waals surface area contributed by atoms with Crippen LogP contribution in [0.5, 0.6) is 0 Å². The zero-order chi connectivity index (χ0) is 11.8. The molecule has 0 aliphatic rings. The molecule has 4 nitrogen and oxygen atoms in total. The summed E-state index contributed by atoms with van der Waals surface area (Å²) < 4.78 is 0. The van der Waals surface area contributed by atoms with Crippen molar-refractivity contribution in [1.82, 2.24) is 4.98 Å². The van der Waals surface area contributed by atoms with Gasteiger partial charge < -0.3 is 10.4 Å². The molecule has 0 radical (unpaired) electrons. The van der Waals surface area contributed by atoms with Gasteiger partial charge in [0.2, 0.25) is 0 Å². The molecular weight excluding hydrogens is 204 g/mol. The van der Waals surface area contributed by atoms with E-state index in [1.165, 1.54) is 25.5 Å². The van der Waals surface area contributed by atoms with Crippen LogP contribution in [0.15, 0.2) is 18.3 Å². The minimum atomic E-state index is -0.989. The van der Waals surface area contributed by atoms with Crippen molar-refractivity contribution in [2.75, 3.05) is 11.9 Å². The highest BCUT2D eigenvalue weighted by molar-refractivity contribution is 5.91. The third kappa shape index (κ3) is 3.88. The Kier molecular flexibility index (Phi) is 5.32. The summed E-state index contributed by atoms with van der Waals surface area (Å²) in [6.07, 6.45) is 6.15. The minimum absolute atomic E-state index is 0.0954. The first-order valence-electron chi connectivity index (χ1n) is 5.68. The number of carboxylic acids is 1. The van der Waals surface area contributed by atoms with Gasteiger partial charge in [-0.2, -0.15) is 0 Å². The molecule has 2 N–H and O–H groups in total. The van der Waals surface area contributed by atoms with Gasteiger partial charge in [0.25, 0.3) is 0 Å². The van der Waals surface area contributed by atoms with E-state index < -0.39 is 5.97 Å². The van der Waals surface area contributed by atoms with E-state index in [-0.39, 0.29) is 5.69 Å². The number of hydrogen-bond acceptors (Lipinski definition) is 3. The Morgan fingerprint density at radius 2 is 2.25 bits per heavy atom. The van der Waals surface area contributed by atoms with Gasteiger partial charge in [0.1, 0.15) is 0 Å². The van der Waals surface area contributed by atoms with Gasteiger partial charge >= 0.3 is 5.97 Å². The monoisotopic (exact) mass is 222 g/mol. The molecule has 0 aliphatic heterocycles. The Bertz CT molecular complexity index is 340. The van der Waals surface area contributed by atoms with Crippen molar-refractivity contribution in [1.29, 1.82) is 0 Å². The van der Waals surface area contributed by atoms with E-state index in [9.17, 15) is 4.79 Å². The van der Waals surface area contributed by atoms with Crippen LogP contribution in [0, 0.1) is 0 Å². The average Bonchev–Trinajstić information content (AvgIpc) is 2.29. The molecule has 0 saturated carbocycles. The van der Waals surface area contributed by atoms with Crippen LogP contribution in [0.2, 0.25) is 0 Å². The van der Waals surface area contributed by atoms with Gasteiger partial charge in [-0.1, -0.05) is 26.2 Å². The van der Waals surface area contributed by atoms with Gasteiger partial charge in [-0.15, -0.1) is 0 Å². The van der Waals surface area contributed by atoms with E-state index in [0.717, 1.165) is 13.0 Å².